The molecule has 2 rings (SSSR count). The molecular weight excluding hydrogens is 234 g/mol. The Morgan fingerprint density at radius 3 is 2.11 bits per heavy atom. The van der Waals surface area contributed by atoms with E-state index < -0.39 is 0 Å². The van der Waals surface area contributed by atoms with Crippen LogP contribution >= 0.6 is 0 Å². The van der Waals surface area contributed by atoms with Crippen LogP contribution in [0.5, 0.6) is 5.75 Å². The monoisotopic (exact) mass is 255 g/mol. The van der Waals surface area contributed by atoms with Crippen LogP contribution in [0.25, 0.3) is 11.1 Å². The predicted molar refractivity (Wildman–Crippen MR) is 81.5 cm³/mol. The summed E-state index contributed by atoms with van der Waals surface area (Å²) in [7, 11) is 1.68. The van der Waals surface area contributed by atoms with Crippen molar-refractivity contribution < 1.29 is 4.74 Å². The van der Waals surface area contributed by atoms with E-state index >= 15 is 0 Å². The van der Waals surface area contributed by atoms with E-state index in [-0.39, 0.29) is 5.41 Å². The second-order valence-corrected chi connectivity index (χ2v) is 5.79. The Bertz CT molecular complexity index is 565. The van der Waals surface area contributed by atoms with Crippen molar-refractivity contribution in [2.45, 2.75) is 26.2 Å². The number of methoxy groups -OCH3 is 1. The fourth-order valence-electron chi connectivity index (χ4n) is 2.10. The zero-order valence-electron chi connectivity index (χ0n) is 12.0. The van der Waals surface area contributed by atoms with Gasteiger partial charge in [0.15, 0.2) is 0 Å². The van der Waals surface area contributed by atoms with Crippen molar-refractivity contribution in [3.63, 3.8) is 0 Å². The Morgan fingerprint density at radius 1 is 0.947 bits per heavy atom. The molecule has 2 heteroatoms. The topological polar surface area (TPSA) is 35.2 Å². The van der Waals surface area contributed by atoms with Crippen LogP contribution < -0.4 is 10.5 Å². The zero-order valence-corrected chi connectivity index (χ0v) is 12.0. The van der Waals surface area contributed by atoms with Gasteiger partial charge in [-0.25, -0.2) is 0 Å². The number of hydrogen-bond donors (Lipinski definition) is 1. The lowest BCUT2D eigenvalue weighted by molar-refractivity contribution is 0.416. The average molecular weight is 255 g/mol. The summed E-state index contributed by atoms with van der Waals surface area (Å²) in [4.78, 5) is 0. The summed E-state index contributed by atoms with van der Waals surface area (Å²) in [6, 6.07) is 14.3. The molecular formula is C17H21NO. The molecule has 0 amide bonds. The van der Waals surface area contributed by atoms with Crippen LogP contribution in [-0.2, 0) is 5.41 Å². The quantitative estimate of drug-likeness (QED) is 0.814. The van der Waals surface area contributed by atoms with E-state index in [1.807, 2.05) is 18.2 Å². The average Bonchev–Trinajstić information content (AvgIpc) is 2.38. The maximum absolute atomic E-state index is 5.86. The molecule has 0 saturated carbocycles. The SMILES string of the molecule is COc1ccc(N)cc1-c1ccc(C(C)(C)C)cc1. The van der Waals surface area contributed by atoms with Crippen molar-refractivity contribution in [2.24, 2.45) is 0 Å². The van der Waals surface area contributed by atoms with E-state index in [1.54, 1.807) is 7.11 Å². The Kier molecular flexibility index (Phi) is 3.52. The van der Waals surface area contributed by atoms with Crippen LogP contribution in [0.15, 0.2) is 42.5 Å². The van der Waals surface area contributed by atoms with E-state index in [1.165, 1.54) is 5.56 Å². The van der Waals surface area contributed by atoms with Crippen LogP contribution in [0.2, 0.25) is 0 Å². The third-order valence-corrected chi connectivity index (χ3v) is 3.29. The molecule has 0 saturated heterocycles. The summed E-state index contributed by atoms with van der Waals surface area (Å²) < 4.78 is 5.40. The van der Waals surface area contributed by atoms with Gasteiger partial charge in [0, 0.05) is 11.3 Å². The Balaban J connectivity index is 2.45. The Labute approximate surface area is 115 Å². The Morgan fingerprint density at radius 2 is 1.58 bits per heavy atom. The standard InChI is InChI=1S/C17H21NO/c1-17(2,3)13-7-5-12(6-8-13)15-11-14(18)9-10-16(15)19-4/h5-11H,18H2,1-4H3. The lowest BCUT2D eigenvalue weighted by Gasteiger charge is -2.19. The van der Waals surface area contributed by atoms with Gasteiger partial charge in [-0.2, -0.15) is 0 Å². The second kappa shape index (κ2) is 4.96. The van der Waals surface area contributed by atoms with E-state index in [0.29, 0.717) is 0 Å². The highest BCUT2D eigenvalue weighted by Gasteiger charge is 2.14. The first-order chi connectivity index (χ1) is 8.91. The van der Waals surface area contributed by atoms with Crippen molar-refractivity contribution in [1.82, 2.24) is 0 Å². The fourth-order valence-corrected chi connectivity index (χ4v) is 2.10. The molecule has 0 bridgehead atoms. The number of anilines is 1. The molecule has 0 aliphatic heterocycles. The van der Waals surface area contributed by atoms with Crippen LogP contribution in [-0.4, -0.2) is 7.11 Å². The van der Waals surface area contributed by atoms with Crippen LogP contribution in [0.3, 0.4) is 0 Å². The number of nitrogen functional groups attached to an aromatic ring is 1. The minimum atomic E-state index is 0.165. The highest BCUT2D eigenvalue weighted by Crippen LogP contribution is 2.33. The normalized spacial score (nSPS) is 11.4. The van der Waals surface area contributed by atoms with Crippen molar-refractivity contribution >= 4 is 5.69 Å². The first kappa shape index (κ1) is 13.5. The fraction of sp³-hybridized carbons (Fsp3) is 0.294. The van der Waals surface area contributed by atoms with Gasteiger partial charge >= 0.3 is 0 Å². The predicted octanol–water partition coefficient (Wildman–Crippen LogP) is 4.24. The number of ether oxygens (including phenoxy) is 1. The van der Waals surface area contributed by atoms with E-state index in [2.05, 4.69) is 45.0 Å². The largest absolute Gasteiger partial charge is 0.496 e. The highest BCUT2D eigenvalue weighted by molar-refractivity contribution is 5.74. The third kappa shape index (κ3) is 2.90. The summed E-state index contributed by atoms with van der Waals surface area (Å²) in [6.07, 6.45) is 0. The summed E-state index contributed by atoms with van der Waals surface area (Å²) in [5.41, 5.74) is 10.2. The lowest BCUT2D eigenvalue weighted by Crippen LogP contribution is -2.10. The smallest absolute Gasteiger partial charge is 0.126 e. The maximum atomic E-state index is 5.86. The van der Waals surface area contributed by atoms with Gasteiger partial charge in [0.2, 0.25) is 0 Å². The highest BCUT2D eigenvalue weighted by atomic mass is 16.5. The van der Waals surface area contributed by atoms with Crippen molar-refractivity contribution in [2.75, 3.05) is 12.8 Å². The van der Waals surface area contributed by atoms with Crippen molar-refractivity contribution in [3.05, 3.63) is 48.0 Å². The molecule has 0 radical (unpaired) electrons. The van der Waals surface area contributed by atoms with Gasteiger partial charge in [0.05, 0.1) is 7.11 Å². The van der Waals surface area contributed by atoms with Crippen molar-refractivity contribution in [3.8, 4) is 16.9 Å². The first-order valence-corrected chi connectivity index (χ1v) is 6.46. The number of nitrogens with two attached hydrogens (primary N) is 1. The molecule has 0 aliphatic carbocycles. The van der Waals surface area contributed by atoms with Gasteiger partial charge in [-0.3, -0.25) is 0 Å². The van der Waals surface area contributed by atoms with Crippen molar-refractivity contribution in [1.29, 1.82) is 0 Å². The van der Waals surface area contributed by atoms with E-state index in [0.717, 1.165) is 22.6 Å². The molecule has 0 atom stereocenters. The first-order valence-electron chi connectivity index (χ1n) is 6.46. The van der Waals surface area contributed by atoms with E-state index in [4.69, 9.17) is 10.5 Å². The molecule has 0 aromatic heterocycles. The van der Waals surface area contributed by atoms with Gasteiger partial charge in [-0.05, 0) is 34.7 Å². The molecule has 2 N–H and O–H groups in total. The van der Waals surface area contributed by atoms with Gasteiger partial charge in [-0.1, -0.05) is 45.0 Å². The minimum absolute atomic E-state index is 0.165. The minimum Gasteiger partial charge on any atom is -0.496 e. The molecule has 0 aliphatic rings. The lowest BCUT2D eigenvalue weighted by atomic mass is 9.86. The van der Waals surface area contributed by atoms with Crippen LogP contribution in [0, 0.1) is 0 Å². The van der Waals surface area contributed by atoms with Gasteiger partial charge in [0.1, 0.15) is 5.75 Å². The molecule has 2 aromatic carbocycles. The van der Waals surface area contributed by atoms with Gasteiger partial charge < -0.3 is 10.5 Å². The molecule has 2 aromatic rings. The molecule has 2 nitrogen and oxygen atoms in total. The number of hydrogen-bond acceptors (Lipinski definition) is 2. The van der Waals surface area contributed by atoms with Gasteiger partial charge in [0.25, 0.3) is 0 Å². The summed E-state index contributed by atoms with van der Waals surface area (Å²) in [6.45, 7) is 6.63. The molecule has 0 spiro atoms. The van der Waals surface area contributed by atoms with Crippen LogP contribution in [0.1, 0.15) is 26.3 Å². The number of benzene rings is 2. The summed E-state index contributed by atoms with van der Waals surface area (Å²) in [5, 5.41) is 0. The second-order valence-electron chi connectivity index (χ2n) is 5.79. The maximum Gasteiger partial charge on any atom is 0.126 e. The summed E-state index contributed by atoms with van der Waals surface area (Å²) >= 11 is 0. The molecule has 0 unspecified atom stereocenters. The molecule has 0 heterocycles. The zero-order chi connectivity index (χ0) is 14.0. The molecule has 0 fully saturated rings. The van der Waals surface area contributed by atoms with Crippen LogP contribution in [0.4, 0.5) is 5.69 Å². The Hall–Kier alpha value is -1.96. The third-order valence-electron chi connectivity index (χ3n) is 3.29. The summed E-state index contributed by atoms with van der Waals surface area (Å²) in [5.74, 6) is 0.845. The molecule has 19 heavy (non-hydrogen) atoms. The molecule has 100 valence electrons. The number of rotatable bonds is 2. The van der Waals surface area contributed by atoms with Gasteiger partial charge in [-0.15, -0.1) is 0 Å². The van der Waals surface area contributed by atoms with E-state index in [9.17, 15) is 0 Å².